The fourth-order valence-corrected chi connectivity index (χ4v) is 3.05. The van der Waals surface area contributed by atoms with Crippen molar-refractivity contribution < 1.29 is 13.2 Å². The average Bonchev–Trinajstić information content (AvgIpc) is 3.03. The van der Waals surface area contributed by atoms with Crippen LogP contribution in [0.4, 0.5) is 19.1 Å². The van der Waals surface area contributed by atoms with Gasteiger partial charge in [0.2, 0.25) is 5.95 Å². The first-order valence-electron chi connectivity index (χ1n) is 7.72. The molecular formula is C16H16F3N5. The summed E-state index contributed by atoms with van der Waals surface area (Å²) in [7, 11) is 2.06. The molecule has 5 nitrogen and oxygen atoms in total. The number of anilines is 1. The first-order valence-corrected chi connectivity index (χ1v) is 7.72. The summed E-state index contributed by atoms with van der Waals surface area (Å²) in [5.41, 5.74) is 0.511. The van der Waals surface area contributed by atoms with E-state index < -0.39 is 11.7 Å². The summed E-state index contributed by atoms with van der Waals surface area (Å²) in [5, 5.41) is 4.73. The maximum absolute atomic E-state index is 13.0. The van der Waals surface area contributed by atoms with Crippen molar-refractivity contribution in [3.63, 3.8) is 0 Å². The second kappa shape index (κ2) is 5.34. The third-order valence-electron chi connectivity index (χ3n) is 4.44. The molecule has 0 amide bonds. The second-order valence-electron chi connectivity index (χ2n) is 6.06. The predicted octanol–water partition coefficient (Wildman–Crippen LogP) is 2.65. The maximum Gasteiger partial charge on any atom is 0.416 e. The van der Waals surface area contributed by atoms with Crippen molar-refractivity contribution in [3.05, 3.63) is 36.0 Å². The van der Waals surface area contributed by atoms with Gasteiger partial charge in [0.05, 0.1) is 22.8 Å². The Morgan fingerprint density at radius 2 is 1.79 bits per heavy atom. The number of likely N-dealkylation sites (N-methyl/N-ethyl adjacent to an activating group) is 1. The van der Waals surface area contributed by atoms with Crippen LogP contribution in [-0.4, -0.2) is 52.7 Å². The first kappa shape index (κ1) is 15.2. The zero-order valence-electron chi connectivity index (χ0n) is 13.1. The lowest BCUT2D eigenvalue weighted by Crippen LogP contribution is -2.45. The van der Waals surface area contributed by atoms with Gasteiger partial charge in [0.25, 0.3) is 0 Å². The summed E-state index contributed by atoms with van der Waals surface area (Å²) in [6, 6.07) is 5.39. The molecule has 1 fully saturated rings. The van der Waals surface area contributed by atoms with Gasteiger partial charge in [-0.1, -0.05) is 0 Å². The van der Waals surface area contributed by atoms with Crippen molar-refractivity contribution in [1.29, 1.82) is 0 Å². The summed E-state index contributed by atoms with van der Waals surface area (Å²) in [6.45, 7) is 3.44. The number of fused-ring (bicyclic) bond motifs is 3. The highest BCUT2D eigenvalue weighted by Gasteiger charge is 2.31. The molecular weight excluding hydrogens is 319 g/mol. The van der Waals surface area contributed by atoms with E-state index in [1.165, 1.54) is 6.07 Å². The van der Waals surface area contributed by atoms with Crippen molar-refractivity contribution >= 4 is 22.4 Å². The number of halogens is 3. The van der Waals surface area contributed by atoms with Crippen LogP contribution in [0.1, 0.15) is 5.56 Å². The van der Waals surface area contributed by atoms with E-state index in [0.29, 0.717) is 22.4 Å². The van der Waals surface area contributed by atoms with Crippen molar-refractivity contribution in [2.45, 2.75) is 6.18 Å². The molecule has 0 bridgehead atoms. The van der Waals surface area contributed by atoms with E-state index in [2.05, 4.69) is 26.9 Å². The zero-order valence-corrected chi connectivity index (χ0v) is 13.1. The van der Waals surface area contributed by atoms with Gasteiger partial charge < -0.3 is 9.80 Å². The smallest absolute Gasteiger partial charge is 0.338 e. The van der Waals surface area contributed by atoms with Crippen LogP contribution < -0.4 is 4.90 Å². The minimum atomic E-state index is -4.37. The number of nitrogens with zero attached hydrogens (tertiary/aromatic N) is 5. The van der Waals surface area contributed by atoms with Crippen LogP contribution >= 0.6 is 0 Å². The number of alkyl halides is 3. The summed E-state index contributed by atoms with van der Waals surface area (Å²) in [4.78, 5) is 8.94. The van der Waals surface area contributed by atoms with Crippen LogP contribution in [0.25, 0.3) is 16.4 Å². The number of rotatable bonds is 1. The van der Waals surface area contributed by atoms with Crippen LogP contribution in [0.2, 0.25) is 0 Å². The van der Waals surface area contributed by atoms with Crippen LogP contribution in [0.5, 0.6) is 0 Å². The Kier molecular flexibility index (Phi) is 3.38. The third-order valence-corrected chi connectivity index (χ3v) is 4.44. The van der Waals surface area contributed by atoms with E-state index in [1.807, 2.05) is 0 Å². The minimum absolute atomic E-state index is 0.459. The molecule has 3 heterocycles. The monoisotopic (exact) mass is 335 g/mol. The van der Waals surface area contributed by atoms with Crippen LogP contribution in [0, 0.1) is 0 Å². The Morgan fingerprint density at radius 1 is 1.04 bits per heavy atom. The highest BCUT2D eigenvalue weighted by Crippen LogP contribution is 2.33. The Labute approximate surface area is 136 Å². The zero-order chi connectivity index (χ0) is 16.9. The lowest BCUT2D eigenvalue weighted by atomic mass is 10.1. The van der Waals surface area contributed by atoms with Crippen molar-refractivity contribution in [2.75, 3.05) is 38.1 Å². The molecule has 24 heavy (non-hydrogen) atoms. The molecule has 1 saturated heterocycles. The van der Waals surface area contributed by atoms with Crippen LogP contribution in [0.3, 0.4) is 0 Å². The standard InChI is InChI=1S/C16H16F3N5/c1-22-6-8-23(9-7-22)15-21-13-3-2-11(16(17,18)19)10-12(13)14-4-5-20-24(14)15/h2-5,10H,6-9H2,1H3. The topological polar surface area (TPSA) is 36.7 Å². The van der Waals surface area contributed by atoms with E-state index in [4.69, 9.17) is 0 Å². The molecule has 0 atom stereocenters. The molecule has 0 unspecified atom stereocenters. The summed E-state index contributed by atoms with van der Waals surface area (Å²) in [5.74, 6) is 0.676. The maximum atomic E-state index is 13.0. The SMILES string of the molecule is CN1CCN(c2nc3ccc(C(F)(F)F)cc3c3ccnn23)CC1. The average molecular weight is 335 g/mol. The molecule has 4 rings (SSSR count). The van der Waals surface area contributed by atoms with E-state index in [0.717, 1.165) is 38.3 Å². The van der Waals surface area contributed by atoms with E-state index in [9.17, 15) is 13.2 Å². The highest BCUT2D eigenvalue weighted by atomic mass is 19.4. The lowest BCUT2D eigenvalue weighted by molar-refractivity contribution is -0.137. The Hall–Kier alpha value is -2.35. The highest BCUT2D eigenvalue weighted by molar-refractivity contribution is 5.95. The molecule has 1 aliphatic heterocycles. The first-order chi connectivity index (χ1) is 11.4. The fourth-order valence-electron chi connectivity index (χ4n) is 3.05. The predicted molar refractivity (Wildman–Crippen MR) is 85.2 cm³/mol. The third kappa shape index (κ3) is 2.47. The normalized spacial score (nSPS) is 17.1. The van der Waals surface area contributed by atoms with Gasteiger partial charge in [-0.05, 0) is 31.3 Å². The number of hydrogen-bond acceptors (Lipinski definition) is 4. The Morgan fingerprint density at radius 3 is 2.50 bits per heavy atom. The van der Waals surface area contributed by atoms with Crippen LogP contribution in [-0.2, 0) is 6.18 Å². The quantitative estimate of drug-likeness (QED) is 0.685. The molecule has 0 spiro atoms. The molecule has 0 radical (unpaired) electrons. The summed E-state index contributed by atoms with van der Waals surface area (Å²) < 4.78 is 40.6. The molecule has 0 aliphatic carbocycles. The summed E-state index contributed by atoms with van der Waals surface area (Å²) in [6.07, 6.45) is -2.78. The second-order valence-corrected chi connectivity index (χ2v) is 6.06. The number of piperazine rings is 1. The molecule has 0 N–H and O–H groups in total. The van der Waals surface area contributed by atoms with E-state index >= 15 is 0 Å². The minimum Gasteiger partial charge on any atom is -0.338 e. The molecule has 1 aromatic carbocycles. The lowest BCUT2D eigenvalue weighted by Gasteiger charge is -2.33. The number of benzene rings is 1. The molecule has 3 aromatic rings. The van der Waals surface area contributed by atoms with Gasteiger partial charge >= 0.3 is 6.18 Å². The van der Waals surface area contributed by atoms with Gasteiger partial charge in [0.1, 0.15) is 0 Å². The van der Waals surface area contributed by atoms with Crippen LogP contribution in [0.15, 0.2) is 30.5 Å². The molecule has 1 aliphatic rings. The molecule has 8 heteroatoms. The molecule has 126 valence electrons. The van der Waals surface area contributed by atoms with Gasteiger partial charge in [-0.25, -0.2) is 4.98 Å². The van der Waals surface area contributed by atoms with Gasteiger partial charge in [-0.3, -0.25) is 0 Å². The fraction of sp³-hybridized carbons (Fsp3) is 0.375. The van der Waals surface area contributed by atoms with Crippen molar-refractivity contribution in [1.82, 2.24) is 19.5 Å². The molecule has 0 saturated carbocycles. The van der Waals surface area contributed by atoms with Gasteiger partial charge in [0, 0.05) is 31.6 Å². The largest absolute Gasteiger partial charge is 0.416 e. The van der Waals surface area contributed by atoms with Gasteiger partial charge in [-0.15, -0.1) is 0 Å². The Bertz CT molecular complexity index is 894. The summed E-state index contributed by atoms with van der Waals surface area (Å²) >= 11 is 0. The van der Waals surface area contributed by atoms with Gasteiger partial charge in [0.15, 0.2) is 0 Å². The molecule has 2 aromatic heterocycles. The van der Waals surface area contributed by atoms with E-state index in [-0.39, 0.29) is 0 Å². The van der Waals surface area contributed by atoms with Crippen molar-refractivity contribution in [2.24, 2.45) is 0 Å². The van der Waals surface area contributed by atoms with E-state index in [1.54, 1.807) is 16.8 Å². The Balaban J connectivity index is 1.88. The number of aromatic nitrogens is 3. The van der Waals surface area contributed by atoms with Crippen molar-refractivity contribution in [3.8, 4) is 0 Å². The van der Waals surface area contributed by atoms with Gasteiger partial charge in [-0.2, -0.15) is 22.8 Å². The number of hydrogen-bond donors (Lipinski definition) is 0.